The van der Waals surface area contributed by atoms with E-state index in [1.807, 2.05) is 0 Å². The predicted molar refractivity (Wildman–Crippen MR) is 77.1 cm³/mol. The number of aromatic hydroxyl groups is 2. The maximum Gasteiger partial charge on any atom is 0.255 e. The number of benzene rings is 1. The Balaban J connectivity index is 2.01. The second kappa shape index (κ2) is 6.47. The van der Waals surface area contributed by atoms with Gasteiger partial charge < -0.3 is 20.4 Å². The van der Waals surface area contributed by atoms with Gasteiger partial charge in [0, 0.05) is 13.1 Å². The van der Waals surface area contributed by atoms with Gasteiger partial charge >= 0.3 is 0 Å². The molecular formula is C15H20N2O4. The second-order valence-corrected chi connectivity index (χ2v) is 5.25. The highest BCUT2D eigenvalue weighted by molar-refractivity contribution is 6.00. The molecule has 6 nitrogen and oxygen atoms in total. The molecule has 0 aromatic heterocycles. The van der Waals surface area contributed by atoms with Crippen LogP contribution in [0.3, 0.4) is 0 Å². The molecule has 1 atom stereocenters. The Hall–Kier alpha value is -2.24. The lowest BCUT2D eigenvalue weighted by atomic mass is 10.1. The molecule has 6 heteroatoms. The first-order chi connectivity index (χ1) is 10.0. The quantitative estimate of drug-likeness (QED) is 0.731. The largest absolute Gasteiger partial charge is 0.504 e. The Morgan fingerprint density at radius 1 is 1.19 bits per heavy atom. The Bertz CT molecular complexity index is 538. The lowest BCUT2D eigenvalue weighted by Gasteiger charge is -2.29. The molecule has 0 saturated carbocycles. The Labute approximate surface area is 123 Å². The van der Waals surface area contributed by atoms with E-state index in [0.29, 0.717) is 0 Å². The molecule has 1 aliphatic heterocycles. The zero-order valence-corrected chi connectivity index (χ0v) is 12.0. The van der Waals surface area contributed by atoms with Gasteiger partial charge in [-0.2, -0.15) is 0 Å². The van der Waals surface area contributed by atoms with Crippen molar-refractivity contribution in [2.45, 2.75) is 32.2 Å². The zero-order chi connectivity index (χ0) is 15.4. The van der Waals surface area contributed by atoms with Crippen LogP contribution in [0.4, 0.5) is 0 Å². The molecule has 1 unspecified atom stereocenters. The molecule has 2 amide bonds. The first kappa shape index (κ1) is 15.2. The van der Waals surface area contributed by atoms with Gasteiger partial charge in [0.05, 0.1) is 5.56 Å². The number of phenolic OH excluding ortho intramolecular Hbond substituents is 2. The van der Waals surface area contributed by atoms with Gasteiger partial charge in [-0.05, 0) is 38.3 Å². The summed E-state index contributed by atoms with van der Waals surface area (Å²) in [6.45, 7) is 3.06. The normalized spacial score (nSPS) is 16.3. The number of rotatable bonds is 3. The van der Waals surface area contributed by atoms with E-state index in [-0.39, 0.29) is 17.2 Å². The molecule has 0 bridgehead atoms. The molecule has 1 aromatic rings. The van der Waals surface area contributed by atoms with E-state index in [2.05, 4.69) is 5.32 Å². The number of carbonyl (C=O) groups is 2. The number of nitrogens with zero attached hydrogens (tertiary/aromatic N) is 1. The number of carbonyl (C=O) groups excluding carboxylic acids is 2. The zero-order valence-electron chi connectivity index (χ0n) is 12.0. The van der Waals surface area contributed by atoms with Crippen molar-refractivity contribution in [1.29, 1.82) is 0 Å². The number of phenols is 2. The minimum Gasteiger partial charge on any atom is -0.504 e. The number of hydrogen-bond donors (Lipinski definition) is 3. The summed E-state index contributed by atoms with van der Waals surface area (Å²) in [5, 5.41) is 21.6. The minimum absolute atomic E-state index is 0.0479. The monoisotopic (exact) mass is 292 g/mol. The SMILES string of the molecule is CC(NC(=O)c1cccc(O)c1O)C(=O)N1CCCCC1. The van der Waals surface area contributed by atoms with Crippen LogP contribution in [0.25, 0.3) is 0 Å². The van der Waals surface area contributed by atoms with Gasteiger partial charge in [-0.1, -0.05) is 6.07 Å². The highest BCUT2D eigenvalue weighted by Gasteiger charge is 2.24. The van der Waals surface area contributed by atoms with Crippen LogP contribution in [0.2, 0.25) is 0 Å². The van der Waals surface area contributed by atoms with Crippen molar-refractivity contribution in [3.63, 3.8) is 0 Å². The van der Waals surface area contributed by atoms with Crippen LogP contribution in [0.5, 0.6) is 11.5 Å². The molecule has 0 aliphatic carbocycles. The van der Waals surface area contributed by atoms with E-state index < -0.39 is 17.7 Å². The van der Waals surface area contributed by atoms with Crippen LogP contribution < -0.4 is 5.32 Å². The summed E-state index contributed by atoms with van der Waals surface area (Å²) in [5.41, 5.74) is -0.0479. The van der Waals surface area contributed by atoms with Crippen LogP contribution in [0.1, 0.15) is 36.5 Å². The average Bonchev–Trinajstić information content (AvgIpc) is 2.50. The van der Waals surface area contributed by atoms with Crippen molar-refractivity contribution in [3.05, 3.63) is 23.8 Å². The summed E-state index contributed by atoms with van der Waals surface area (Å²) in [5.74, 6) is -1.55. The molecule has 21 heavy (non-hydrogen) atoms. The van der Waals surface area contributed by atoms with E-state index in [0.717, 1.165) is 32.4 Å². The Morgan fingerprint density at radius 3 is 2.52 bits per heavy atom. The number of nitrogens with one attached hydrogen (secondary N) is 1. The summed E-state index contributed by atoms with van der Waals surface area (Å²) < 4.78 is 0. The molecule has 114 valence electrons. The smallest absolute Gasteiger partial charge is 0.255 e. The fourth-order valence-electron chi connectivity index (χ4n) is 2.44. The topological polar surface area (TPSA) is 89.9 Å². The molecule has 1 saturated heterocycles. The third-order valence-electron chi connectivity index (χ3n) is 3.65. The van der Waals surface area contributed by atoms with Gasteiger partial charge in [0.25, 0.3) is 5.91 Å². The van der Waals surface area contributed by atoms with Crippen LogP contribution in [-0.4, -0.2) is 46.1 Å². The van der Waals surface area contributed by atoms with Crippen molar-refractivity contribution >= 4 is 11.8 Å². The van der Waals surface area contributed by atoms with Gasteiger partial charge in [0.15, 0.2) is 11.5 Å². The lowest BCUT2D eigenvalue weighted by molar-refractivity contribution is -0.133. The van der Waals surface area contributed by atoms with E-state index >= 15 is 0 Å². The van der Waals surface area contributed by atoms with Crippen LogP contribution in [0.15, 0.2) is 18.2 Å². The fourth-order valence-corrected chi connectivity index (χ4v) is 2.44. The molecule has 1 heterocycles. The Morgan fingerprint density at radius 2 is 1.86 bits per heavy atom. The predicted octanol–water partition coefficient (Wildman–Crippen LogP) is 1.23. The van der Waals surface area contributed by atoms with Gasteiger partial charge in [-0.3, -0.25) is 9.59 Å². The van der Waals surface area contributed by atoms with Gasteiger partial charge in [-0.25, -0.2) is 0 Å². The highest BCUT2D eigenvalue weighted by atomic mass is 16.3. The summed E-state index contributed by atoms with van der Waals surface area (Å²) in [7, 11) is 0. The van der Waals surface area contributed by atoms with Crippen molar-refractivity contribution in [2.75, 3.05) is 13.1 Å². The number of piperidine rings is 1. The van der Waals surface area contributed by atoms with Crippen molar-refractivity contribution < 1.29 is 19.8 Å². The van der Waals surface area contributed by atoms with Gasteiger partial charge in [0.2, 0.25) is 5.91 Å². The fraction of sp³-hybridized carbons (Fsp3) is 0.467. The molecule has 0 radical (unpaired) electrons. The molecule has 2 rings (SSSR count). The maximum atomic E-state index is 12.2. The summed E-state index contributed by atoms with van der Waals surface area (Å²) in [6, 6.07) is 3.47. The van der Waals surface area contributed by atoms with Crippen molar-refractivity contribution in [1.82, 2.24) is 10.2 Å². The third kappa shape index (κ3) is 3.45. The van der Waals surface area contributed by atoms with Gasteiger partial charge in [0.1, 0.15) is 6.04 Å². The third-order valence-corrected chi connectivity index (χ3v) is 3.65. The average molecular weight is 292 g/mol. The van der Waals surface area contributed by atoms with Gasteiger partial charge in [-0.15, -0.1) is 0 Å². The first-order valence-corrected chi connectivity index (χ1v) is 7.11. The Kier molecular flexibility index (Phi) is 4.67. The van der Waals surface area contributed by atoms with E-state index in [1.165, 1.54) is 18.2 Å². The maximum absolute atomic E-state index is 12.2. The standard InChI is InChI=1S/C15H20N2O4/c1-10(15(21)17-8-3-2-4-9-17)16-14(20)11-6-5-7-12(18)13(11)19/h5-7,10,18-19H,2-4,8-9H2,1H3,(H,16,20). The molecule has 1 aromatic carbocycles. The summed E-state index contributed by atoms with van der Waals surface area (Å²) in [4.78, 5) is 26.0. The van der Waals surface area contributed by atoms with E-state index in [4.69, 9.17) is 0 Å². The second-order valence-electron chi connectivity index (χ2n) is 5.25. The van der Waals surface area contributed by atoms with Crippen LogP contribution >= 0.6 is 0 Å². The number of para-hydroxylation sites is 1. The molecule has 1 fully saturated rings. The van der Waals surface area contributed by atoms with Crippen LogP contribution in [-0.2, 0) is 4.79 Å². The first-order valence-electron chi connectivity index (χ1n) is 7.11. The number of likely N-dealkylation sites (tertiary alicyclic amines) is 1. The molecular weight excluding hydrogens is 272 g/mol. The number of amides is 2. The van der Waals surface area contributed by atoms with Crippen molar-refractivity contribution in [3.8, 4) is 11.5 Å². The molecule has 3 N–H and O–H groups in total. The van der Waals surface area contributed by atoms with Crippen molar-refractivity contribution in [2.24, 2.45) is 0 Å². The minimum atomic E-state index is -0.669. The number of hydrogen-bond acceptors (Lipinski definition) is 4. The van der Waals surface area contributed by atoms with E-state index in [9.17, 15) is 19.8 Å². The highest BCUT2D eigenvalue weighted by Crippen LogP contribution is 2.28. The van der Waals surface area contributed by atoms with E-state index in [1.54, 1.807) is 11.8 Å². The summed E-state index contributed by atoms with van der Waals surface area (Å²) in [6.07, 6.45) is 3.10. The summed E-state index contributed by atoms with van der Waals surface area (Å²) >= 11 is 0. The molecule has 1 aliphatic rings. The lowest BCUT2D eigenvalue weighted by Crippen LogP contribution is -2.48. The van der Waals surface area contributed by atoms with Crippen LogP contribution in [0, 0.1) is 0 Å². The molecule has 0 spiro atoms.